The molecule has 1 aliphatic rings. The third kappa shape index (κ3) is 6.55. The molecule has 1 fully saturated rings. The van der Waals surface area contributed by atoms with E-state index in [4.69, 9.17) is 14.2 Å². The molecule has 1 aliphatic heterocycles. The molecule has 120 valence electrons. The minimum atomic E-state index is 0. The summed E-state index contributed by atoms with van der Waals surface area (Å²) in [5, 5.41) is 0. The standard InChI is InChI=1S/C16H25NO3.ClH/c1-2-3-11-19-15-6-4-5-7-16(15)20-14-10-17-8-12-18-13-9-17;/h4-7H,2-3,8-14H2,1H3;1H. The van der Waals surface area contributed by atoms with E-state index in [0.29, 0.717) is 6.61 Å². The fourth-order valence-corrected chi connectivity index (χ4v) is 2.12. The Morgan fingerprint density at radius 3 is 2.29 bits per heavy atom. The molecular weight excluding hydrogens is 290 g/mol. The Balaban J connectivity index is 0.00000220. The van der Waals surface area contributed by atoms with Crippen LogP contribution in [-0.2, 0) is 4.74 Å². The Bertz CT molecular complexity index is 384. The zero-order valence-corrected chi connectivity index (χ0v) is 13.6. The lowest BCUT2D eigenvalue weighted by Gasteiger charge is -2.26. The molecule has 1 saturated heterocycles. The van der Waals surface area contributed by atoms with Gasteiger partial charge in [-0.25, -0.2) is 0 Å². The molecule has 0 spiro atoms. The molecule has 21 heavy (non-hydrogen) atoms. The molecule has 1 heterocycles. The van der Waals surface area contributed by atoms with Crippen LogP contribution in [0.4, 0.5) is 0 Å². The van der Waals surface area contributed by atoms with Crippen LogP contribution < -0.4 is 9.47 Å². The summed E-state index contributed by atoms with van der Waals surface area (Å²) in [7, 11) is 0. The minimum absolute atomic E-state index is 0. The normalized spacial score (nSPS) is 15.3. The lowest BCUT2D eigenvalue weighted by atomic mass is 10.3. The number of para-hydroxylation sites is 2. The van der Waals surface area contributed by atoms with Crippen LogP contribution in [0.1, 0.15) is 19.8 Å². The van der Waals surface area contributed by atoms with Crippen molar-refractivity contribution in [3.8, 4) is 11.5 Å². The number of hydrogen-bond donors (Lipinski definition) is 0. The summed E-state index contributed by atoms with van der Waals surface area (Å²) in [6, 6.07) is 7.91. The van der Waals surface area contributed by atoms with Gasteiger partial charge < -0.3 is 14.2 Å². The molecule has 0 aliphatic carbocycles. The van der Waals surface area contributed by atoms with Gasteiger partial charge in [-0.15, -0.1) is 12.4 Å². The smallest absolute Gasteiger partial charge is 0.161 e. The van der Waals surface area contributed by atoms with Gasteiger partial charge in [-0.3, -0.25) is 4.90 Å². The van der Waals surface area contributed by atoms with E-state index in [-0.39, 0.29) is 12.4 Å². The van der Waals surface area contributed by atoms with E-state index >= 15 is 0 Å². The van der Waals surface area contributed by atoms with Crippen molar-refractivity contribution in [2.24, 2.45) is 0 Å². The van der Waals surface area contributed by atoms with E-state index in [2.05, 4.69) is 11.8 Å². The Hall–Kier alpha value is -0.970. The van der Waals surface area contributed by atoms with E-state index in [0.717, 1.165) is 63.8 Å². The molecule has 0 N–H and O–H groups in total. The molecule has 0 amide bonds. The van der Waals surface area contributed by atoms with E-state index in [1.54, 1.807) is 0 Å². The van der Waals surface area contributed by atoms with Crippen molar-refractivity contribution < 1.29 is 14.2 Å². The second-order valence-electron chi connectivity index (χ2n) is 4.95. The van der Waals surface area contributed by atoms with Crippen molar-refractivity contribution in [2.75, 3.05) is 46.1 Å². The number of rotatable bonds is 8. The molecule has 1 aromatic rings. The molecule has 1 aromatic carbocycles. The van der Waals surface area contributed by atoms with E-state index in [1.807, 2.05) is 24.3 Å². The molecule has 0 aromatic heterocycles. The molecule has 4 nitrogen and oxygen atoms in total. The first-order valence-electron chi connectivity index (χ1n) is 7.55. The molecule has 0 bridgehead atoms. The topological polar surface area (TPSA) is 30.9 Å². The van der Waals surface area contributed by atoms with E-state index in [1.165, 1.54) is 0 Å². The SMILES string of the molecule is CCCCOc1ccccc1OCCN1CCOCC1.Cl. The van der Waals surface area contributed by atoms with Gasteiger partial charge in [-0.2, -0.15) is 0 Å². The maximum absolute atomic E-state index is 5.86. The highest BCUT2D eigenvalue weighted by atomic mass is 35.5. The monoisotopic (exact) mass is 315 g/mol. The molecule has 0 radical (unpaired) electrons. The van der Waals surface area contributed by atoms with Crippen molar-refractivity contribution in [3.63, 3.8) is 0 Å². The predicted octanol–water partition coefficient (Wildman–Crippen LogP) is 3.00. The van der Waals surface area contributed by atoms with Gasteiger partial charge in [0, 0.05) is 19.6 Å². The molecule has 0 unspecified atom stereocenters. The number of unbranched alkanes of at least 4 members (excludes halogenated alkanes) is 1. The van der Waals surface area contributed by atoms with Crippen molar-refractivity contribution >= 4 is 12.4 Å². The number of hydrogen-bond acceptors (Lipinski definition) is 4. The quantitative estimate of drug-likeness (QED) is 0.690. The zero-order valence-electron chi connectivity index (χ0n) is 12.8. The van der Waals surface area contributed by atoms with Crippen LogP contribution in [-0.4, -0.2) is 51.0 Å². The zero-order chi connectivity index (χ0) is 14.0. The summed E-state index contributed by atoms with van der Waals surface area (Å²) in [6.07, 6.45) is 2.21. The van der Waals surface area contributed by atoms with Crippen LogP contribution in [0.2, 0.25) is 0 Å². The summed E-state index contributed by atoms with van der Waals surface area (Å²) in [5.41, 5.74) is 0. The van der Waals surface area contributed by atoms with Crippen molar-refractivity contribution in [1.29, 1.82) is 0 Å². The number of ether oxygens (including phenoxy) is 3. The van der Waals surface area contributed by atoms with Gasteiger partial charge in [-0.05, 0) is 18.6 Å². The van der Waals surface area contributed by atoms with Crippen molar-refractivity contribution in [1.82, 2.24) is 4.90 Å². The third-order valence-corrected chi connectivity index (χ3v) is 3.37. The van der Waals surface area contributed by atoms with Gasteiger partial charge in [0.25, 0.3) is 0 Å². The van der Waals surface area contributed by atoms with Gasteiger partial charge in [0.1, 0.15) is 6.61 Å². The van der Waals surface area contributed by atoms with Crippen LogP contribution in [0.25, 0.3) is 0 Å². The summed E-state index contributed by atoms with van der Waals surface area (Å²) < 4.78 is 17.0. The summed E-state index contributed by atoms with van der Waals surface area (Å²) in [4.78, 5) is 2.37. The number of morpholine rings is 1. The highest BCUT2D eigenvalue weighted by Gasteiger charge is 2.10. The maximum Gasteiger partial charge on any atom is 0.161 e. The molecule has 0 atom stereocenters. The first-order valence-corrected chi connectivity index (χ1v) is 7.55. The van der Waals surface area contributed by atoms with Crippen molar-refractivity contribution in [3.05, 3.63) is 24.3 Å². The largest absolute Gasteiger partial charge is 0.490 e. The maximum atomic E-state index is 5.86. The Morgan fingerprint density at radius 1 is 1.05 bits per heavy atom. The number of benzene rings is 1. The second-order valence-corrected chi connectivity index (χ2v) is 4.95. The first kappa shape index (κ1) is 18.1. The van der Waals surface area contributed by atoms with Gasteiger partial charge in [0.15, 0.2) is 11.5 Å². The predicted molar refractivity (Wildman–Crippen MR) is 86.8 cm³/mol. The van der Waals surface area contributed by atoms with E-state index < -0.39 is 0 Å². The van der Waals surface area contributed by atoms with Crippen LogP contribution in [0.15, 0.2) is 24.3 Å². The number of halogens is 1. The Labute approximate surface area is 133 Å². The fourth-order valence-electron chi connectivity index (χ4n) is 2.12. The number of nitrogens with zero attached hydrogens (tertiary/aromatic N) is 1. The van der Waals surface area contributed by atoms with Crippen molar-refractivity contribution in [2.45, 2.75) is 19.8 Å². The highest BCUT2D eigenvalue weighted by molar-refractivity contribution is 5.85. The second kappa shape index (κ2) is 10.7. The van der Waals surface area contributed by atoms with Gasteiger partial charge in [-0.1, -0.05) is 25.5 Å². The average molecular weight is 316 g/mol. The molecule has 0 saturated carbocycles. The molecule has 5 heteroatoms. The lowest BCUT2D eigenvalue weighted by molar-refractivity contribution is 0.0320. The van der Waals surface area contributed by atoms with Gasteiger partial charge >= 0.3 is 0 Å². The molecule has 2 rings (SSSR count). The first-order chi connectivity index (χ1) is 9.90. The van der Waals surface area contributed by atoms with Crippen LogP contribution >= 0.6 is 12.4 Å². The van der Waals surface area contributed by atoms with Crippen LogP contribution in [0, 0.1) is 0 Å². The Kier molecular flexibility index (Phi) is 9.22. The minimum Gasteiger partial charge on any atom is -0.490 e. The summed E-state index contributed by atoms with van der Waals surface area (Å²) in [5.74, 6) is 1.69. The lowest BCUT2D eigenvalue weighted by Crippen LogP contribution is -2.38. The van der Waals surface area contributed by atoms with E-state index in [9.17, 15) is 0 Å². The van der Waals surface area contributed by atoms with Gasteiger partial charge in [0.2, 0.25) is 0 Å². The van der Waals surface area contributed by atoms with Crippen LogP contribution in [0.5, 0.6) is 11.5 Å². The third-order valence-electron chi connectivity index (χ3n) is 3.37. The Morgan fingerprint density at radius 2 is 1.67 bits per heavy atom. The highest BCUT2D eigenvalue weighted by Crippen LogP contribution is 2.26. The fraction of sp³-hybridized carbons (Fsp3) is 0.625. The summed E-state index contributed by atoms with van der Waals surface area (Å²) >= 11 is 0. The molecular formula is C16H26ClNO3. The van der Waals surface area contributed by atoms with Crippen LogP contribution in [0.3, 0.4) is 0 Å². The summed E-state index contributed by atoms with van der Waals surface area (Å²) in [6.45, 7) is 8.19. The average Bonchev–Trinajstić information content (AvgIpc) is 2.50. The van der Waals surface area contributed by atoms with Gasteiger partial charge in [0.05, 0.1) is 19.8 Å².